The molecule has 1 unspecified atom stereocenters. The maximum absolute atomic E-state index is 12.2. The van der Waals surface area contributed by atoms with Crippen molar-refractivity contribution < 1.29 is 9.21 Å². The van der Waals surface area contributed by atoms with Gasteiger partial charge in [-0.3, -0.25) is 9.69 Å². The number of nitrogens with zero attached hydrogens (tertiary/aromatic N) is 3. The molecule has 3 heterocycles. The molecule has 140 valence electrons. The molecule has 2 saturated heterocycles. The molecular weight excluding hydrogens is 382 g/mol. The Hall–Kier alpha value is -0.850. The van der Waals surface area contributed by atoms with Crippen molar-refractivity contribution in [1.29, 1.82) is 0 Å². The molecule has 1 aromatic rings. The van der Waals surface area contributed by atoms with Crippen LogP contribution in [0.1, 0.15) is 44.8 Å². The largest absolute Gasteiger partial charge is 0.453 e. The number of hydrogen-bond donors (Lipinski definition) is 0. The monoisotopic (exact) mass is 411 g/mol. The van der Waals surface area contributed by atoms with Gasteiger partial charge in [-0.15, -0.1) is 0 Å². The summed E-state index contributed by atoms with van der Waals surface area (Å²) in [7, 11) is 0. The second kappa shape index (κ2) is 9.19. The Balaban J connectivity index is 1.53. The fraction of sp³-hybridized carbons (Fsp3) is 0.737. The van der Waals surface area contributed by atoms with E-state index in [1.165, 1.54) is 32.4 Å². The molecule has 5 nitrogen and oxygen atoms in total. The van der Waals surface area contributed by atoms with Gasteiger partial charge in [0.15, 0.2) is 4.67 Å². The Morgan fingerprint density at radius 1 is 1.20 bits per heavy atom. The molecular formula is C19H30BrN3O2. The maximum atomic E-state index is 12.2. The molecule has 1 atom stereocenters. The summed E-state index contributed by atoms with van der Waals surface area (Å²) in [6, 6.07) is 4.29. The van der Waals surface area contributed by atoms with Gasteiger partial charge in [0.1, 0.15) is 5.76 Å². The van der Waals surface area contributed by atoms with Crippen LogP contribution in [0.3, 0.4) is 0 Å². The van der Waals surface area contributed by atoms with E-state index in [4.69, 9.17) is 4.42 Å². The number of likely N-dealkylation sites (tertiary alicyclic amines) is 2. The highest BCUT2D eigenvalue weighted by Gasteiger charge is 2.27. The smallest absolute Gasteiger partial charge is 0.219 e. The highest BCUT2D eigenvalue weighted by Crippen LogP contribution is 2.21. The summed E-state index contributed by atoms with van der Waals surface area (Å²) >= 11 is 3.37. The molecule has 1 amide bonds. The van der Waals surface area contributed by atoms with Crippen molar-refractivity contribution in [2.24, 2.45) is 0 Å². The van der Waals surface area contributed by atoms with E-state index in [0.717, 1.165) is 56.0 Å². The zero-order valence-electron chi connectivity index (χ0n) is 15.3. The third kappa shape index (κ3) is 5.56. The van der Waals surface area contributed by atoms with Crippen molar-refractivity contribution in [1.82, 2.24) is 14.7 Å². The molecule has 0 bridgehead atoms. The normalized spacial score (nSPS) is 22.9. The van der Waals surface area contributed by atoms with E-state index < -0.39 is 0 Å². The summed E-state index contributed by atoms with van der Waals surface area (Å²) in [5, 5.41) is 0. The van der Waals surface area contributed by atoms with Gasteiger partial charge >= 0.3 is 0 Å². The van der Waals surface area contributed by atoms with Gasteiger partial charge in [-0.2, -0.15) is 0 Å². The molecule has 0 aliphatic carbocycles. The molecule has 0 saturated carbocycles. The van der Waals surface area contributed by atoms with E-state index in [9.17, 15) is 4.79 Å². The zero-order valence-corrected chi connectivity index (χ0v) is 16.8. The molecule has 0 spiro atoms. The standard InChI is InChI=1S/C19H30BrN3O2/c1-16(24)23(13-12-21-9-3-2-4-10-21)17-6-5-11-22(14-17)15-18-7-8-19(20)25-18/h7-8,17H,2-6,9-15H2,1H3. The topological polar surface area (TPSA) is 39.9 Å². The first-order valence-corrected chi connectivity index (χ1v) is 10.4. The number of carbonyl (C=O) groups excluding carboxylic acids is 1. The molecule has 0 aromatic carbocycles. The van der Waals surface area contributed by atoms with Crippen LogP contribution < -0.4 is 0 Å². The molecule has 2 aliphatic rings. The third-order valence-corrected chi connectivity index (χ3v) is 5.87. The van der Waals surface area contributed by atoms with Crippen molar-refractivity contribution >= 4 is 21.8 Å². The van der Waals surface area contributed by atoms with Crippen molar-refractivity contribution in [2.45, 2.75) is 51.6 Å². The van der Waals surface area contributed by atoms with Gasteiger partial charge in [-0.25, -0.2) is 0 Å². The number of carbonyl (C=O) groups is 1. The van der Waals surface area contributed by atoms with E-state index in [2.05, 4.69) is 30.6 Å². The van der Waals surface area contributed by atoms with Crippen molar-refractivity contribution in [3.63, 3.8) is 0 Å². The lowest BCUT2D eigenvalue weighted by molar-refractivity contribution is -0.132. The van der Waals surface area contributed by atoms with Crippen LogP contribution in [0.2, 0.25) is 0 Å². The predicted octanol–water partition coefficient (Wildman–Crippen LogP) is 3.34. The van der Waals surface area contributed by atoms with Crippen LogP contribution in [0, 0.1) is 0 Å². The van der Waals surface area contributed by atoms with Gasteiger partial charge in [0.2, 0.25) is 5.91 Å². The first kappa shape index (κ1) is 18.9. The first-order valence-electron chi connectivity index (χ1n) is 9.58. The summed E-state index contributed by atoms with van der Waals surface area (Å²) in [5.74, 6) is 1.19. The summed E-state index contributed by atoms with van der Waals surface area (Å²) in [5.41, 5.74) is 0. The number of halogens is 1. The lowest BCUT2D eigenvalue weighted by Crippen LogP contribution is -2.51. The number of piperidine rings is 2. The number of hydrogen-bond acceptors (Lipinski definition) is 4. The second-order valence-electron chi connectivity index (χ2n) is 7.35. The maximum Gasteiger partial charge on any atom is 0.219 e. The van der Waals surface area contributed by atoms with Gasteiger partial charge in [0.05, 0.1) is 6.54 Å². The first-order chi connectivity index (χ1) is 12.1. The Morgan fingerprint density at radius 2 is 1.96 bits per heavy atom. The molecule has 2 fully saturated rings. The minimum absolute atomic E-state index is 0.213. The van der Waals surface area contributed by atoms with E-state index in [0.29, 0.717) is 6.04 Å². The minimum atomic E-state index is 0.213. The van der Waals surface area contributed by atoms with Gasteiger partial charge in [0.25, 0.3) is 0 Å². The Morgan fingerprint density at radius 3 is 2.64 bits per heavy atom. The molecule has 1 aromatic heterocycles. The van der Waals surface area contributed by atoms with Crippen molar-refractivity contribution in [3.05, 3.63) is 22.6 Å². The Kier molecular flexibility index (Phi) is 6.96. The second-order valence-corrected chi connectivity index (χ2v) is 8.13. The van der Waals surface area contributed by atoms with Gasteiger partial charge < -0.3 is 14.2 Å². The molecule has 0 radical (unpaired) electrons. The van der Waals surface area contributed by atoms with Crippen molar-refractivity contribution in [3.8, 4) is 0 Å². The van der Waals surface area contributed by atoms with Gasteiger partial charge in [-0.05, 0) is 73.4 Å². The van der Waals surface area contributed by atoms with Gasteiger partial charge in [-0.1, -0.05) is 6.42 Å². The van der Waals surface area contributed by atoms with Crippen molar-refractivity contribution in [2.75, 3.05) is 39.3 Å². The van der Waals surface area contributed by atoms with Crippen LogP contribution in [-0.2, 0) is 11.3 Å². The zero-order chi connectivity index (χ0) is 17.6. The fourth-order valence-corrected chi connectivity index (χ4v) is 4.46. The average Bonchev–Trinajstić information content (AvgIpc) is 3.01. The lowest BCUT2D eigenvalue weighted by Gasteiger charge is -2.40. The predicted molar refractivity (Wildman–Crippen MR) is 102 cm³/mol. The molecule has 6 heteroatoms. The molecule has 2 aliphatic heterocycles. The molecule has 3 rings (SSSR count). The Labute approximate surface area is 159 Å². The van der Waals surface area contributed by atoms with Gasteiger partial charge in [0, 0.05) is 32.6 Å². The quantitative estimate of drug-likeness (QED) is 0.719. The highest BCUT2D eigenvalue weighted by molar-refractivity contribution is 9.10. The molecule has 0 N–H and O–H groups in total. The fourth-order valence-electron chi connectivity index (χ4n) is 4.12. The highest BCUT2D eigenvalue weighted by atomic mass is 79.9. The number of rotatable bonds is 6. The van der Waals surface area contributed by atoms with Crippen LogP contribution >= 0.6 is 15.9 Å². The molecule has 25 heavy (non-hydrogen) atoms. The summed E-state index contributed by atoms with van der Waals surface area (Å²) in [6.07, 6.45) is 6.21. The lowest BCUT2D eigenvalue weighted by atomic mass is 10.0. The summed E-state index contributed by atoms with van der Waals surface area (Å²) < 4.78 is 6.42. The van der Waals surface area contributed by atoms with E-state index in [1.807, 2.05) is 12.1 Å². The third-order valence-electron chi connectivity index (χ3n) is 5.44. The van der Waals surface area contributed by atoms with Crippen LogP contribution in [0.25, 0.3) is 0 Å². The summed E-state index contributed by atoms with van der Waals surface area (Å²) in [4.78, 5) is 19.3. The van der Waals surface area contributed by atoms with Crippen LogP contribution in [0.5, 0.6) is 0 Å². The van der Waals surface area contributed by atoms with Crippen LogP contribution in [-0.4, -0.2) is 65.9 Å². The van der Waals surface area contributed by atoms with E-state index >= 15 is 0 Å². The summed E-state index contributed by atoms with van der Waals surface area (Å²) in [6.45, 7) is 8.82. The van der Waals surface area contributed by atoms with E-state index in [1.54, 1.807) is 6.92 Å². The SMILES string of the molecule is CC(=O)N(CCN1CCCCC1)C1CCCN(Cc2ccc(Br)o2)C1. The number of furan rings is 1. The van der Waals surface area contributed by atoms with E-state index in [-0.39, 0.29) is 5.91 Å². The number of amides is 1. The Bertz CT molecular complexity index is 557. The van der Waals surface area contributed by atoms with Crippen LogP contribution in [0.15, 0.2) is 21.2 Å². The van der Waals surface area contributed by atoms with Crippen LogP contribution in [0.4, 0.5) is 0 Å². The minimum Gasteiger partial charge on any atom is -0.453 e. The average molecular weight is 412 g/mol.